The molecule has 0 saturated carbocycles. The number of hydrogen-bond acceptors (Lipinski definition) is 6. The van der Waals surface area contributed by atoms with Crippen LogP contribution < -0.4 is 10.6 Å². The molecule has 1 heterocycles. The normalized spacial score (nSPS) is 19.3. The summed E-state index contributed by atoms with van der Waals surface area (Å²) >= 11 is 1.54. The van der Waals surface area contributed by atoms with Crippen LogP contribution in [0.2, 0.25) is 0 Å². The zero-order valence-corrected chi connectivity index (χ0v) is 15.6. The van der Waals surface area contributed by atoms with Gasteiger partial charge < -0.3 is 15.4 Å². The second-order valence-corrected chi connectivity index (χ2v) is 6.83. The number of hydrogen-bond donors (Lipinski definition) is 2. The summed E-state index contributed by atoms with van der Waals surface area (Å²) in [6.07, 6.45) is 2.32. The van der Waals surface area contributed by atoms with Crippen molar-refractivity contribution < 1.29 is 23.9 Å². The van der Waals surface area contributed by atoms with Gasteiger partial charge in [-0.3, -0.25) is 19.3 Å². The van der Waals surface area contributed by atoms with Gasteiger partial charge in [0, 0.05) is 10.6 Å². The quantitative estimate of drug-likeness (QED) is 0.424. The molecule has 1 atom stereocenters. The first-order valence-corrected chi connectivity index (χ1v) is 9.25. The van der Waals surface area contributed by atoms with E-state index in [-0.39, 0.29) is 0 Å². The van der Waals surface area contributed by atoms with Crippen LogP contribution in [0.5, 0.6) is 0 Å². The van der Waals surface area contributed by atoms with E-state index in [1.807, 2.05) is 12.3 Å². The average molecular weight is 379 g/mol. The van der Waals surface area contributed by atoms with Crippen LogP contribution in [0.3, 0.4) is 0 Å². The first kappa shape index (κ1) is 19.8. The van der Waals surface area contributed by atoms with Gasteiger partial charge in [0.15, 0.2) is 6.61 Å². The monoisotopic (exact) mass is 379 g/mol. The van der Waals surface area contributed by atoms with Crippen LogP contribution in [0.25, 0.3) is 0 Å². The molecule has 2 N–H and O–H groups in total. The fraction of sp³-hybridized carbons (Fsp3) is 0.412. The fourth-order valence-electron chi connectivity index (χ4n) is 2.35. The lowest BCUT2D eigenvalue weighted by Gasteiger charge is -2.18. The predicted octanol–water partition coefficient (Wildman–Crippen LogP) is 1.61. The first-order chi connectivity index (χ1) is 12.3. The molecule has 140 valence electrons. The van der Waals surface area contributed by atoms with Crippen molar-refractivity contribution in [2.45, 2.75) is 30.7 Å². The summed E-state index contributed by atoms with van der Waals surface area (Å²) in [6, 6.07) is 6.58. The third-order valence-corrected chi connectivity index (χ3v) is 4.78. The Morgan fingerprint density at radius 1 is 1.35 bits per heavy atom. The van der Waals surface area contributed by atoms with Gasteiger partial charge >= 0.3 is 12.0 Å². The Hall–Kier alpha value is -2.55. The Labute approximate surface area is 155 Å². The van der Waals surface area contributed by atoms with Crippen LogP contribution >= 0.6 is 11.8 Å². The van der Waals surface area contributed by atoms with Gasteiger partial charge in [0.25, 0.3) is 11.8 Å². The summed E-state index contributed by atoms with van der Waals surface area (Å²) < 4.78 is 4.86. The topological polar surface area (TPSA) is 105 Å². The number of nitrogens with one attached hydrogen (secondary N) is 2. The summed E-state index contributed by atoms with van der Waals surface area (Å²) in [5.74, 6) is -1.82. The molecule has 1 aromatic carbocycles. The zero-order chi connectivity index (χ0) is 19.3. The number of amides is 4. The molecule has 1 fully saturated rings. The maximum atomic E-state index is 12.2. The molecule has 0 aliphatic carbocycles. The van der Waals surface area contributed by atoms with Crippen molar-refractivity contribution >= 4 is 41.3 Å². The molecule has 1 saturated heterocycles. The number of benzene rings is 1. The maximum Gasteiger partial charge on any atom is 0.326 e. The lowest BCUT2D eigenvalue weighted by atomic mass is 9.99. The Morgan fingerprint density at radius 3 is 2.69 bits per heavy atom. The number of carbonyl (C=O) groups excluding carboxylic acids is 4. The number of nitrogens with zero attached hydrogens (tertiary/aromatic N) is 1. The van der Waals surface area contributed by atoms with E-state index < -0.39 is 42.5 Å². The first-order valence-electron chi connectivity index (χ1n) is 8.02. The van der Waals surface area contributed by atoms with Crippen LogP contribution in [0.1, 0.15) is 20.3 Å². The summed E-state index contributed by atoms with van der Waals surface area (Å²) in [5, 5.41) is 5.16. The Morgan fingerprint density at radius 2 is 2.08 bits per heavy atom. The summed E-state index contributed by atoms with van der Waals surface area (Å²) in [7, 11) is 0. The minimum Gasteiger partial charge on any atom is -0.454 e. The molecule has 1 aliphatic heterocycles. The van der Waals surface area contributed by atoms with Gasteiger partial charge in [0.05, 0.1) is 0 Å². The van der Waals surface area contributed by atoms with E-state index in [1.165, 1.54) is 11.8 Å². The Kier molecular flexibility index (Phi) is 6.25. The summed E-state index contributed by atoms with van der Waals surface area (Å²) in [4.78, 5) is 49.6. The van der Waals surface area contributed by atoms with E-state index >= 15 is 0 Å². The molecule has 1 unspecified atom stereocenters. The van der Waals surface area contributed by atoms with Crippen LogP contribution in [0.15, 0.2) is 29.2 Å². The van der Waals surface area contributed by atoms with Gasteiger partial charge in [-0.2, -0.15) is 0 Å². The highest BCUT2D eigenvalue weighted by atomic mass is 32.2. The van der Waals surface area contributed by atoms with Gasteiger partial charge in [0.1, 0.15) is 12.1 Å². The van der Waals surface area contributed by atoms with Crippen molar-refractivity contribution in [3.8, 4) is 0 Å². The molecular weight excluding hydrogens is 358 g/mol. The molecule has 0 spiro atoms. The van der Waals surface area contributed by atoms with Crippen LogP contribution in [0, 0.1) is 0 Å². The van der Waals surface area contributed by atoms with Gasteiger partial charge in [0.2, 0.25) is 0 Å². The molecule has 4 amide bonds. The van der Waals surface area contributed by atoms with Crippen molar-refractivity contribution in [3.05, 3.63) is 24.3 Å². The number of ether oxygens (including phenoxy) is 1. The molecule has 0 bridgehead atoms. The van der Waals surface area contributed by atoms with Gasteiger partial charge in [-0.1, -0.05) is 13.0 Å². The Balaban J connectivity index is 1.84. The summed E-state index contributed by atoms with van der Waals surface area (Å²) in [5.41, 5.74) is -0.428. The number of urea groups is 1. The fourth-order valence-corrected chi connectivity index (χ4v) is 2.81. The standard InChI is InChI=1S/C17H21N3O5S/c1-4-17(2)15(23)20(16(24)19-17)9-14(22)25-10-13(21)18-11-6-5-7-12(8-11)26-3/h5-8H,4,9-10H2,1-3H3,(H,18,21)(H,19,24). The minimum absolute atomic E-state index is 0.403. The van der Waals surface area contributed by atoms with E-state index in [4.69, 9.17) is 4.74 Å². The Bertz CT molecular complexity index is 739. The highest BCUT2D eigenvalue weighted by Crippen LogP contribution is 2.21. The third kappa shape index (κ3) is 4.54. The van der Waals surface area contributed by atoms with Crippen LogP contribution in [-0.4, -0.2) is 53.7 Å². The molecule has 26 heavy (non-hydrogen) atoms. The zero-order valence-electron chi connectivity index (χ0n) is 14.8. The minimum atomic E-state index is -1.02. The lowest BCUT2D eigenvalue weighted by molar-refractivity contribution is -0.150. The molecule has 0 radical (unpaired) electrons. The summed E-state index contributed by atoms with van der Waals surface area (Å²) in [6.45, 7) is 2.32. The lowest BCUT2D eigenvalue weighted by Crippen LogP contribution is -2.43. The second-order valence-electron chi connectivity index (χ2n) is 5.95. The second kappa shape index (κ2) is 8.22. The van der Waals surface area contributed by atoms with Crippen LogP contribution in [-0.2, 0) is 19.1 Å². The van der Waals surface area contributed by atoms with E-state index in [0.29, 0.717) is 12.1 Å². The molecule has 0 aromatic heterocycles. The van der Waals surface area contributed by atoms with Crippen molar-refractivity contribution in [1.82, 2.24) is 10.2 Å². The van der Waals surface area contributed by atoms with Crippen molar-refractivity contribution in [2.24, 2.45) is 0 Å². The molecule has 2 rings (SSSR count). The number of anilines is 1. The number of esters is 1. The highest BCUT2D eigenvalue weighted by Gasteiger charge is 2.47. The maximum absolute atomic E-state index is 12.2. The third-order valence-electron chi connectivity index (χ3n) is 4.06. The van der Waals surface area contributed by atoms with Crippen molar-refractivity contribution in [3.63, 3.8) is 0 Å². The largest absolute Gasteiger partial charge is 0.454 e. The molecular formula is C17H21N3O5S. The number of carbonyl (C=O) groups is 4. The number of thioether (sulfide) groups is 1. The molecule has 1 aromatic rings. The van der Waals surface area contributed by atoms with E-state index in [2.05, 4.69) is 10.6 Å². The van der Waals surface area contributed by atoms with E-state index in [9.17, 15) is 19.2 Å². The van der Waals surface area contributed by atoms with Gasteiger partial charge in [-0.25, -0.2) is 4.79 Å². The smallest absolute Gasteiger partial charge is 0.326 e. The van der Waals surface area contributed by atoms with E-state index in [0.717, 1.165) is 9.80 Å². The highest BCUT2D eigenvalue weighted by molar-refractivity contribution is 7.98. The van der Waals surface area contributed by atoms with Gasteiger partial charge in [-0.15, -0.1) is 11.8 Å². The van der Waals surface area contributed by atoms with Crippen molar-refractivity contribution in [1.29, 1.82) is 0 Å². The molecule has 9 heteroatoms. The van der Waals surface area contributed by atoms with Crippen molar-refractivity contribution in [2.75, 3.05) is 24.7 Å². The predicted molar refractivity (Wildman–Crippen MR) is 96.8 cm³/mol. The van der Waals surface area contributed by atoms with Gasteiger partial charge in [-0.05, 0) is 37.8 Å². The molecule has 1 aliphatic rings. The molecule has 8 nitrogen and oxygen atoms in total. The number of imide groups is 1. The number of rotatable bonds is 7. The SMILES string of the molecule is CCC1(C)NC(=O)N(CC(=O)OCC(=O)Nc2cccc(SC)c2)C1=O. The van der Waals surface area contributed by atoms with Crippen LogP contribution in [0.4, 0.5) is 10.5 Å². The average Bonchev–Trinajstić information content (AvgIpc) is 2.84. The van der Waals surface area contributed by atoms with E-state index in [1.54, 1.807) is 32.0 Å².